The Hall–Kier alpha value is -0.370. The van der Waals surface area contributed by atoms with Gasteiger partial charge >= 0.3 is 0 Å². The zero-order valence-corrected chi connectivity index (χ0v) is 9.52. The second-order valence-corrected chi connectivity index (χ2v) is 4.67. The summed E-state index contributed by atoms with van der Waals surface area (Å²) < 4.78 is 5.63. The molecule has 0 aliphatic carbocycles. The first-order chi connectivity index (χ1) is 5.83. The van der Waals surface area contributed by atoms with Crippen LogP contribution in [0.25, 0.3) is 0 Å². The Morgan fingerprint density at radius 3 is 2.31 bits per heavy atom. The predicted molar refractivity (Wildman–Crippen MR) is 54.8 cm³/mol. The molecular weight excluding hydrogens is 164 g/mol. The van der Waals surface area contributed by atoms with Crippen molar-refractivity contribution in [2.24, 2.45) is 5.92 Å². The van der Waals surface area contributed by atoms with Crippen LogP contribution in [0.15, 0.2) is 0 Å². The molecule has 0 unspecified atom stereocenters. The summed E-state index contributed by atoms with van der Waals surface area (Å²) in [5.41, 5.74) is -0.291. The van der Waals surface area contributed by atoms with Gasteiger partial charge in [0.15, 0.2) is 0 Å². The van der Waals surface area contributed by atoms with Gasteiger partial charge in [0.25, 0.3) is 0 Å². The predicted octanol–water partition coefficient (Wildman–Crippen LogP) is 2.81. The average Bonchev–Trinajstić information content (AvgIpc) is 1.81. The van der Waals surface area contributed by atoms with Crippen molar-refractivity contribution in [3.8, 4) is 0 Å². The Morgan fingerprint density at radius 2 is 1.92 bits per heavy atom. The van der Waals surface area contributed by atoms with Crippen molar-refractivity contribution in [1.29, 1.82) is 0 Å². The average molecular weight is 186 g/mol. The van der Waals surface area contributed by atoms with Gasteiger partial charge in [-0.15, -0.1) is 0 Å². The van der Waals surface area contributed by atoms with Crippen LogP contribution in [-0.2, 0) is 9.53 Å². The van der Waals surface area contributed by atoms with E-state index < -0.39 is 0 Å². The van der Waals surface area contributed by atoms with E-state index in [1.807, 2.05) is 13.8 Å². The topological polar surface area (TPSA) is 26.3 Å². The summed E-state index contributed by atoms with van der Waals surface area (Å²) >= 11 is 0. The number of hydrogen-bond donors (Lipinski definition) is 0. The zero-order chi connectivity index (χ0) is 10.5. The Balaban J connectivity index is 3.69. The van der Waals surface area contributed by atoms with Crippen molar-refractivity contribution in [2.75, 3.05) is 6.61 Å². The molecule has 0 amide bonds. The molecule has 0 spiro atoms. The van der Waals surface area contributed by atoms with Crippen LogP contribution in [0.1, 0.15) is 47.5 Å². The molecule has 13 heavy (non-hydrogen) atoms. The van der Waals surface area contributed by atoms with E-state index in [-0.39, 0.29) is 11.4 Å². The minimum atomic E-state index is -0.291. The summed E-state index contributed by atoms with van der Waals surface area (Å²) in [6, 6.07) is 0. The Morgan fingerprint density at radius 1 is 1.38 bits per heavy atom. The number of carbonyl (C=O) groups is 1. The van der Waals surface area contributed by atoms with E-state index in [1.165, 1.54) is 0 Å². The van der Waals surface area contributed by atoms with Crippen molar-refractivity contribution in [3.05, 3.63) is 0 Å². The highest BCUT2D eigenvalue weighted by Crippen LogP contribution is 2.15. The number of rotatable bonds is 6. The number of ketones is 1. The lowest BCUT2D eigenvalue weighted by Crippen LogP contribution is -2.28. The van der Waals surface area contributed by atoms with E-state index in [2.05, 4.69) is 13.8 Å². The molecule has 2 heteroatoms. The second kappa shape index (κ2) is 5.38. The van der Waals surface area contributed by atoms with Crippen molar-refractivity contribution >= 4 is 5.78 Å². The van der Waals surface area contributed by atoms with Crippen LogP contribution in [0.5, 0.6) is 0 Å². The Kier molecular flexibility index (Phi) is 5.23. The van der Waals surface area contributed by atoms with Crippen LogP contribution < -0.4 is 0 Å². The summed E-state index contributed by atoms with van der Waals surface area (Å²) in [4.78, 5) is 10.9. The highest BCUT2D eigenvalue weighted by molar-refractivity contribution is 5.76. The van der Waals surface area contributed by atoms with Gasteiger partial charge in [-0.3, -0.25) is 4.79 Å². The van der Waals surface area contributed by atoms with E-state index in [0.717, 1.165) is 13.0 Å². The maximum Gasteiger partial charge on any atom is 0.132 e. The lowest BCUT2D eigenvalue weighted by atomic mass is 10.0. The molecule has 0 heterocycles. The first-order valence-corrected chi connectivity index (χ1v) is 4.97. The minimum absolute atomic E-state index is 0.189. The van der Waals surface area contributed by atoms with Gasteiger partial charge in [0.05, 0.1) is 5.60 Å². The van der Waals surface area contributed by atoms with E-state index in [0.29, 0.717) is 12.3 Å². The molecule has 0 aromatic heterocycles. The van der Waals surface area contributed by atoms with Gasteiger partial charge in [0, 0.05) is 13.0 Å². The van der Waals surface area contributed by atoms with Gasteiger partial charge in [-0.1, -0.05) is 13.8 Å². The maximum atomic E-state index is 10.9. The van der Waals surface area contributed by atoms with Crippen LogP contribution in [0.4, 0.5) is 0 Å². The standard InChI is InChI=1S/C11H22O2/c1-9(2)6-7-13-11(4,5)8-10(3)12/h9H,6-8H2,1-5H3. The molecule has 2 nitrogen and oxygen atoms in total. The Labute approximate surface area is 81.7 Å². The van der Waals surface area contributed by atoms with Gasteiger partial charge < -0.3 is 4.74 Å². The van der Waals surface area contributed by atoms with Gasteiger partial charge in [0.1, 0.15) is 5.78 Å². The van der Waals surface area contributed by atoms with Crippen molar-refractivity contribution in [2.45, 2.75) is 53.1 Å². The smallest absolute Gasteiger partial charge is 0.132 e. The summed E-state index contributed by atoms with van der Waals surface area (Å²) in [7, 11) is 0. The van der Waals surface area contributed by atoms with Crippen molar-refractivity contribution < 1.29 is 9.53 Å². The summed E-state index contributed by atoms with van der Waals surface area (Å²) in [5, 5.41) is 0. The molecule has 0 aromatic carbocycles. The second-order valence-electron chi connectivity index (χ2n) is 4.67. The molecule has 0 atom stereocenters. The molecule has 0 radical (unpaired) electrons. The maximum absolute atomic E-state index is 10.9. The lowest BCUT2D eigenvalue weighted by molar-refractivity contribution is -0.123. The molecule has 0 aliphatic rings. The number of Topliss-reactive ketones (excluding diaryl/α,β-unsaturated/α-hetero) is 1. The third-order valence-corrected chi connectivity index (χ3v) is 1.86. The van der Waals surface area contributed by atoms with Crippen LogP contribution in [0, 0.1) is 5.92 Å². The normalized spacial score (nSPS) is 12.2. The molecule has 0 saturated heterocycles. The molecule has 0 fully saturated rings. The van der Waals surface area contributed by atoms with E-state index in [1.54, 1.807) is 6.92 Å². The van der Waals surface area contributed by atoms with Crippen LogP contribution in [0.2, 0.25) is 0 Å². The summed E-state index contributed by atoms with van der Waals surface area (Å²) in [6.45, 7) is 10.6. The van der Waals surface area contributed by atoms with Crippen LogP contribution in [-0.4, -0.2) is 18.0 Å². The quantitative estimate of drug-likeness (QED) is 0.637. The molecular formula is C11H22O2. The summed E-state index contributed by atoms with van der Waals surface area (Å²) in [6.07, 6.45) is 1.56. The fraction of sp³-hybridized carbons (Fsp3) is 0.909. The largest absolute Gasteiger partial charge is 0.375 e. The van der Waals surface area contributed by atoms with Gasteiger partial charge in [-0.05, 0) is 33.1 Å². The lowest BCUT2D eigenvalue weighted by Gasteiger charge is -2.24. The molecule has 0 aromatic rings. The molecule has 0 rings (SSSR count). The fourth-order valence-electron chi connectivity index (χ4n) is 1.22. The molecule has 0 aliphatic heterocycles. The van der Waals surface area contributed by atoms with E-state index in [4.69, 9.17) is 4.74 Å². The molecule has 0 saturated carbocycles. The number of carbonyl (C=O) groups excluding carboxylic acids is 1. The fourth-order valence-corrected chi connectivity index (χ4v) is 1.22. The highest BCUT2D eigenvalue weighted by atomic mass is 16.5. The van der Waals surface area contributed by atoms with Crippen LogP contribution in [0.3, 0.4) is 0 Å². The molecule has 0 bridgehead atoms. The monoisotopic (exact) mass is 186 g/mol. The third kappa shape index (κ3) is 7.97. The van der Waals surface area contributed by atoms with Crippen LogP contribution >= 0.6 is 0 Å². The number of ether oxygens (including phenoxy) is 1. The molecule has 78 valence electrons. The van der Waals surface area contributed by atoms with Gasteiger partial charge in [-0.2, -0.15) is 0 Å². The zero-order valence-electron chi connectivity index (χ0n) is 9.52. The Bertz CT molecular complexity index is 159. The number of hydrogen-bond acceptors (Lipinski definition) is 2. The van der Waals surface area contributed by atoms with Gasteiger partial charge in [-0.25, -0.2) is 0 Å². The first kappa shape index (κ1) is 12.6. The minimum Gasteiger partial charge on any atom is -0.375 e. The van der Waals surface area contributed by atoms with E-state index in [9.17, 15) is 4.79 Å². The van der Waals surface area contributed by atoms with Gasteiger partial charge in [0.2, 0.25) is 0 Å². The SMILES string of the molecule is CC(=O)CC(C)(C)OCCC(C)C. The third-order valence-electron chi connectivity index (χ3n) is 1.86. The van der Waals surface area contributed by atoms with Crippen molar-refractivity contribution in [3.63, 3.8) is 0 Å². The first-order valence-electron chi connectivity index (χ1n) is 4.97. The highest BCUT2D eigenvalue weighted by Gasteiger charge is 2.20. The summed E-state index contributed by atoms with van der Waals surface area (Å²) in [5.74, 6) is 0.850. The van der Waals surface area contributed by atoms with Crippen molar-refractivity contribution in [1.82, 2.24) is 0 Å². The molecule has 0 N–H and O–H groups in total. The van der Waals surface area contributed by atoms with E-state index >= 15 is 0 Å².